The second kappa shape index (κ2) is 13.4. The SMILES string of the molecule is CC.CC(C)=C1CCN(c2c(F)cc3c(=O)c(C(=O)O)cn(C4CC4)c3c2O)CC1.CNCc1ccccc1. The number of hydrogen-bond donors (Lipinski definition) is 3. The van der Waals surface area contributed by atoms with Crippen molar-refractivity contribution in [3.63, 3.8) is 0 Å². The third-order valence-corrected chi connectivity index (χ3v) is 7.00. The zero-order chi connectivity index (χ0) is 28.7. The molecule has 3 N–H and O–H groups in total. The Morgan fingerprint density at radius 3 is 2.23 bits per heavy atom. The van der Waals surface area contributed by atoms with Crippen LogP contribution in [0.2, 0.25) is 0 Å². The van der Waals surface area contributed by atoms with E-state index in [1.54, 1.807) is 4.57 Å². The molecule has 5 rings (SSSR count). The number of aromatic hydroxyl groups is 1. The van der Waals surface area contributed by atoms with Crippen LogP contribution < -0.4 is 15.6 Å². The Morgan fingerprint density at radius 1 is 1.10 bits per heavy atom. The Morgan fingerprint density at radius 2 is 1.72 bits per heavy atom. The van der Waals surface area contributed by atoms with Crippen molar-refractivity contribution in [1.29, 1.82) is 0 Å². The molecule has 2 aliphatic rings. The van der Waals surface area contributed by atoms with Crippen LogP contribution in [0.4, 0.5) is 10.1 Å². The van der Waals surface area contributed by atoms with Gasteiger partial charge in [0.25, 0.3) is 0 Å². The molecule has 1 aromatic heterocycles. The summed E-state index contributed by atoms with van der Waals surface area (Å²) >= 11 is 0. The zero-order valence-electron chi connectivity index (χ0n) is 23.6. The fourth-order valence-corrected chi connectivity index (χ4v) is 4.85. The molecule has 0 atom stereocenters. The molecule has 1 aliphatic heterocycles. The van der Waals surface area contributed by atoms with Gasteiger partial charge in [0.15, 0.2) is 11.6 Å². The van der Waals surface area contributed by atoms with Gasteiger partial charge in [0.05, 0.1) is 10.9 Å². The van der Waals surface area contributed by atoms with Crippen molar-refractivity contribution in [2.24, 2.45) is 0 Å². The molecule has 1 saturated heterocycles. The van der Waals surface area contributed by atoms with Crippen molar-refractivity contribution < 1.29 is 19.4 Å². The number of phenols is 1. The Bertz CT molecular complexity index is 1380. The van der Waals surface area contributed by atoms with E-state index in [-0.39, 0.29) is 28.4 Å². The number of nitrogens with zero attached hydrogens (tertiary/aromatic N) is 2. The number of carboxylic acids is 1. The topological polar surface area (TPSA) is 94.8 Å². The number of aromatic carboxylic acids is 1. The summed E-state index contributed by atoms with van der Waals surface area (Å²) in [5.41, 5.74) is 3.09. The average molecular weight is 538 g/mol. The number of allylic oxidation sites excluding steroid dienone is 1. The molecule has 3 aromatic rings. The number of aromatic nitrogens is 1. The lowest BCUT2D eigenvalue weighted by molar-refractivity contribution is 0.0694. The molecule has 0 amide bonds. The first-order chi connectivity index (χ1) is 18.7. The number of halogens is 1. The van der Waals surface area contributed by atoms with Gasteiger partial charge >= 0.3 is 5.97 Å². The molecule has 0 unspecified atom stereocenters. The fraction of sp³-hybridized carbons (Fsp3) is 0.419. The van der Waals surface area contributed by atoms with Gasteiger partial charge in [0, 0.05) is 31.9 Å². The van der Waals surface area contributed by atoms with E-state index in [2.05, 4.69) is 31.3 Å². The summed E-state index contributed by atoms with van der Waals surface area (Å²) in [5.74, 6) is -2.33. The van der Waals surface area contributed by atoms with Crippen molar-refractivity contribution in [2.45, 2.75) is 66.0 Å². The maximum atomic E-state index is 15.0. The van der Waals surface area contributed by atoms with Gasteiger partial charge in [-0.1, -0.05) is 55.3 Å². The highest BCUT2D eigenvalue weighted by molar-refractivity contribution is 5.96. The number of phenolic OH excluding ortho intramolecular Hbond substituents is 1. The summed E-state index contributed by atoms with van der Waals surface area (Å²) in [6.07, 6.45) is 4.54. The summed E-state index contributed by atoms with van der Waals surface area (Å²) in [6, 6.07) is 11.4. The van der Waals surface area contributed by atoms with Gasteiger partial charge in [0.2, 0.25) is 5.43 Å². The first-order valence-corrected chi connectivity index (χ1v) is 13.6. The van der Waals surface area contributed by atoms with E-state index in [4.69, 9.17) is 0 Å². The van der Waals surface area contributed by atoms with Gasteiger partial charge in [-0.3, -0.25) is 4.79 Å². The highest BCUT2D eigenvalue weighted by atomic mass is 19.1. The molecule has 0 spiro atoms. The van der Waals surface area contributed by atoms with E-state index >= 15 is 0 Å². The molecule has 1 saturated carbocycles. The summed E-state index contributed by atoms with van der Waals surface area (Å²) in [4.78, 5) is 25.8. The number of rotatable bonds is 5. The van der Waals surface area contributed by atoms with Gasteiger partial charge in [-0.2, -0.15) is 0 Å². The highest BCUT2D eigenvalue weighted by Crippen LogP contribution is 2.43. The van der Waals surface area contributed by atoms with Crippen LogP contribution in [-0.2, 0) is 6.54 Å². The number of fused-ring (bicyclic) bond motifs is 1. The molecule has 2 fully saturated rings. The predicted octanol–water partition coefficient (Wildman–Crippen LogP) is 6.25. The van der Waals surface area contributed by atoms with Crippen LogP contribution in [0.1, 0.15) is 75.3 Å². The van der Waals surface area contributed by atoms with Gasteiger partial charge in [-0.15, -0.1) is 0 Å². The van der Waals surface area contributed by atoms with E-state index in [0.29, 0.717) is 13.1 Å². The number of pyridine rings is 1. The first-order valence-electron chi connectivity index (χ1n) is 13.6. The quantitative estimate of drug-likeness (QED) is 0.333. The van der Waals surface area contributed by atoms with E-state index in [1.807, 2.05) is 44.0 Å². The zero-order valence-corrected chi connectivity index (χ0v) is 23.6. The Labute approximate surface area is 229 Å². The number of nitrogens with one attached hydrogen (secondary N) is 1. The van der Waals surface area contributed by atoms with Crippen molar-refractivity contribution in [3.8, 4) is 5.75 Å². The number of anilines is 1. The Balaban J connectivity index is 0.000000322. The Hall–Kier alpha value is -3.65. The number of piperidine rings is 1. The number of carboxylic acid groups (broad SMARTS) is 1. The minimum Gasteiger partial charge on any atom is -0.504 e. The summed E-state index contributed by atoms with van der Waals surface area (Å²) in [7, 11) is 1.95. The van der Waals surface area contributed by atoms with Crippen LogP contribution in [-0.4, -0.2) is 40.9 Å². The van der Waals surface area contributed by atoms with E-state index in [0.717, 1.165) is 38.3 Å². The number of benzene rings is 2. The standard InChI is InChI=1S/C21H23FN2O4.C8H11N.C2H6/c1-11(2)12-5-7-23(8-6-12)18-16(22)9-14-17(20(18)26)24(13-3-4-13)10-15(19(14)25)21(27)28;1-9-7-8-5-3-2-4-6-8;1-2/h9-10,13,26H,3-8H2,1-2H3,(H,27,28);2-6,9H,7H2,1H3;1-2H3. The fourth-order valence-electron chi connectivity index (χ4n) is 4.85. The smallest absolute Gasteiger partial charge is 0.341 e. The van der Waals surface area contributed by atoms with Crippen molar-refractivity contribution in [1.82, 2.24) is 9.88 Å². The van der Waals surface area contributed by atoms with Crippen LogP contribution in [0.5, 0.6) is 5.75 Å². The molecular formula is C31H40FN3O4. The van der Waals surface area contributed by atoms with Crippen molar-refractivity contribution >= 4 is 22.6 Å². The normalized spacial score (nSPS) is 14.7. The van der Waals surface area contributed by atoms with Gasteiger partial charge in [-0.25, -0.2) is 9.18 Å². The second-order valence-electron chi connectivity index (χ2n) is 9.87. The molecule has 2 aromatic carbocycles. The average Bonchev–Trinajstić information content (AvgIpc) is 3.77. The molecule has 7 nitrogen and oxygen atoms in total. The van der Waals surface area contributed by atoms with Crippen LogP contribution in [0, 0.1) is 5.82 Å². The van der Waals surface area contributed by atoms with E-state index in [9.17, 15) is 24.2 Å². The van der Waals surface area contributed by atoms with Crippen LogP contribution in [0.25, 0.3) is 10.9 Å². The van der Waals surface area contributed by atoms with Crippen molar-refractivity contribution in [2.75, 3.05) is 25.0 Å². The second-order valence-corrected chi connectivity index (χ2v) is 9.87. The minimum atomic E-state index is -1.35. The number of hydrogen-bond acceptors (Lipinski definition) is 5. The molecular weight excluding hydrogens is 497 g/mol. The number of carbonyl (C=O) groups is 1. The third-order valence-electron chi connectivity index (χ3n) is 7.00. The maximum Gasteiger partial charge on any atom is 0.341 e. The van der Waals surface area contributed by atoms with E-state index < -0.39 is 22.8 Å². The molecule has 0 radical (unpaired) electrons. The molecule has 0 bridgehead atoms. The Kier molecular flexibility index (Phi) is 10.3. The van der Waals surface area contributed by atoms with Crippen LogP contribution >= 0.6 is 0 Å². The van der Waals surface area contributed by atoms with Crippen molar-refractivity contribution in [3.05, 3.63) is 80.9 Å². The lowest BCUT2D eigenvalue weighted by atomic mass is 9.98. The molecule has 210 valence electrons. The minimum absolute atomic E-state index is 0.0176. The summed E-state index contributed by atoms with van der Waals surface area (Å²) in [6.45, 7) is 10.2. The largest absolute Gasteiger partial charge is 0.504 e. The van der Waals surface area contributed by atoms with Gasteiger partial charge in [-0.05, 0) is 58.2 Å². The van der Waals surface area contributed by atoms with Gasteiger partial charge in [0.1, 0.15) is 11.3 Å². The summed E-state index contributed by atoms with van der Waals surface area (Å²) in [5, 5.41) is 23.3. The van der Waals surface area contributed by atoms with E-state index in [1.165, 1.54) is 22.9 Å². The van der Waals surface area contributed by atoms with Gasteiger partial charge < -0.3 is 25.0 Å². The molecule has 2 heterocycles. The lowest BCUT2D eigenvalue weighted by Crippen LogP contribution is -2.32. The molecule has 8 heteroatoms. The molecule has 1 aliphatic carbocycles. The maximum absolute atomic E-state index is 15.0. The first kappa shape index (κ1) is 29.9. The monoisotopic (exact) mass is 537 g/mol. The summed E-state index contributed by atoms with van der Waals surface area (Å²) < 4.78 is 16.6. The van der Waals surface area contributed by atoms with Crippen LogP contribution in [0.15, 0.2) is 58.5 Å². The predicted molar refractivity (Wildman–Crippen MR) is 155 cm³/mol. The third kappa shape index (κ3) is 6.87. The van der Waals surface area contributed by atoms with Crippen LogP contribution in [0.3, 0.4) is 0 Å². The lowest BCUT2D eigenvalue weighted by Gasteiger charge is -2.32. The molecule has 39 heavy (non-hydrogen) atoms. The highest BCUT2D eigenvalue weighted by Gasteiger charge is 2.31.